The van der Waals surface area contributed by atoms with E-state index in [1.807, 2.05) is 37.7 Å². The Kier molecular flexibility index (Phi) is 4.25. The van der Waals surface area contributed by atoms with Crippen molar-refractivity contribution < 1.29 is 9.53 Å². The summed E-state index contributed by atoms with van der Waals surface area (Å²) in [6.45, 7) is 9.35. The molecule has 1 aliphatic rings. The lowest BCUT2D eigenvalue weighted by atomic mass is 10.0. The molecule has 142 valence electrons. The van der Waals surface area contributed by atoms with E-state index in [2.05, 4.69) is 37.9 Å². The van der Waals surface area contributed by atoms with Gasteiger partial charge in [-0.15, -0.1) is 0 Å². The molecular weight excluding hydrogens is 410 g/mol. The minimum atomic E-state index is -0.516. The number of hydrogen-bond acceptors (Lipinski definition) is 4. The summed E-state index contributed by atoms with van der Waals surface area (Å²) in [5, 5.41) is 5.71. The lowest BCUT2D eigenvalue weighted by Crippen LogP contribution is -2.41. The molecule has 0 bridgehead atoms. The van der Waals surface area contributed by atoms with Crippen molar-refractivity contribution in [2.24, 2.45) is 0 Å². The summed E-state index contributed by atoms with van der Waals surface area (Å²) >= 11 is 3.62. The summed E-state index contributed by atoms with van der Waals surface area (Å²) in [6.07, 6.45) is 3.45. The van der Waals surface area contributed by atoms with E-state index in [-0.39, 0.29) is 6.09 Å². The minimum absolute atomic E-state index is 0.297. The summed E-state index contributed by atoms with van der Waals surface area (Å²) < 4.78 is 8.29. The second kappa shape index (κ2) is 6.37. The van der Waals surface area contributed by atoms with E-state index in [0.717, 1.165) is 38.0 Å². The molecule has 0 saturated carbocycles. The van der Waals surface area contributed by atoms with Gasteiger partial charge < -0.3 is 14.6 Å². The molecule has 4 heterocycles. The maximum Gasteiger partial charge on any atom is 0.410 e. The molecule has 3 aromatic rings. The van der Waals surface area contributed by atoms with Gasteiger partial charge in [-0.3, -0.25) is 4.68 Å². The third kappa shape index (κ3) is 3.22. The summed E-state index contributed by atoms with van der Waals surface area (Å²) in [7, 11) is 0. The smallest absolute Gasteiger partial charge is 0.410 e. The number of carbonyl (C=O) groups is 1. The van der Waals surface area contributed by atoms with Crippen LogP contribution in [0.3, 0.4) is 0 Å². The van der Waals surface area contributed by atoms with Gasteiger partial charge in [0, 0.05) is 29.9 Å². The highest BCUT2D eigenvalue weighted by atomic mass is 79.9. The van der Waals surface area contributed by atoms with Crippen LogP contribution in [0, 0.1) is 6.92 Å². The first-order valence-electron chi connectivity index (χ1n) is 8.91. The van der Waals surface area contributed by atoms with Crippen molar-refractivity contribution in [2.75, 3.05) is 6.54 Å². The van der Waals surface area contributed by atoms with Crippen LogP contribution in [0.4, 0.5) is 4.79 Å². The fourth-order valence-corrected chi connectivity index (χ4v) is 4.10. The maximum absolute atomic E-state index is 12.6. The van der Waals surface area contributed by atoms with Gasteiger partial charge in [0.1, 0.15) is 15.9 Å². The molecule has 0 aromatic carbocycles. The van der Waals surface area contributed by atoms with Gasteiger partial charge in [-0.2, -0.15) is 5.10 Å². The van der Waals surface area contributed by atoms with Crippen molar-refractivity contribution >= 4 is 33.1 Å². The number of aryl methyl sites for hydroxylation is 1. The molecule has 4 rings (SSSR count). The van der Waals surface area contributed by atoms with Crippen molar-refractivity contribution in [1.82, 2.24) is 24.6 Å². The summed E-state index contributed by atoms with van der Waals surface area (Å²) in [6, 6.07) is 2.00. The van der Waals surface area contributed by atoms with Crippen LogP contribution in [0.5, 0.6) is 0 Å². The largest absolute Gasteiger partial charge is 0.444 e. The van der Waals surface area contributed by atoms with Crippen LogP contribution >= 0.6 is 15.9 Å². The Morgan fingerprint density at radius 3 is 2.85 bits per heavy atom. The highest BCUT2D eigenvalue weighted by molar-refractivity contribution is 9.10. The van der Waals surface area contributed by atoms with Gasteiger partial charge in [-0.25, -0.2) is 9.78 Å². The first kappa shape index (κ1) is 18.0. The molecule has 3 aromatic heterocycles. The first-order valence-corrected chi connectivity index (χ1v) is 9.70. The molecule has 1 amide bonds. The third-order valence-electron chi connectivity index (χ3n) is 4.63. The SMILES string of the molecule is Cc1c[nH]c2nccc(-c3c(Br)nn4c3CN(C(=O)OC(C)(C)C)CC4)c12. The molecule has 8 heteroatoms. The number of fused-ring (bicyclic) bond motifs is 2. The standard InChI is InChI=1S/C19H22BrN5O2/c1-11-9-22-17-14(11)12(5-6-21-17)15-13-10-24(18(26)27-19(2,3)4)7-8-25(13)23-16(15)20/h5-6,9H,7-8,10H2,1-4H3,(H,21,22). The van der Waals surface area contributed by atoms with Crippen LogP contribution in [0.25, 0.3) is 22.2 Å². The normalized spacial score (nSPS) is 14.5. The lowest BCUT2D eigenvalue weighted by molar-refractivity contribution is 0.0195. The topological polar surface area (TPSA) is 76.0 Å². The van der Waals surface area contributed by atoms with Gasteiger partial charge in [0.2, 0.25) is 0 Å². The Bertz CT molecular complexity index is 1030. The van der Waals surface area contributed by atoms with Gasteiger partial charge in [-0.1, -0.05) is 0 Å². The van der Waals surface area contributed by atoms with E-state index in [0.29, 0.717) is 19.6 Å². The molecule has 1 N–H and O–H groups in total. The highest BCUT2D eigenvalue weighted by Gasteiger charge is 2.30. The van der Waals surface area contributed by atoms with Crippen LogP contribution in [0.2, 0.25) is 0 Å². The zero-order valence-electron chi connectivity index (χ0n) is 15.8. The molecule has 0 aliphatic carbocycles. The van der Waals surface area contributed by atoms with E-state index in [4.69, 9.17) is 4.74 Å². The fourth-order valence-electron chi connectivity index (χ4n) is 3.46. The molecule has 27 heavy (non-hydrogen) atoms. The number of pyridine rings is 1. The molecule has 0 radical (unpaired) electrons. The number of aromatic nitrogens is 4. The zero-order chi connectivity index (χ0) is 19.3. The number of ether oxygens (including phenoxy) is 1. The molecular formula is C19H22BrN5O2. The second-order valence-corrected chi connectivity index (χ2v) is 8.54. The van der Waals surface area contributed by atoms with E-state index in [1.165, 1.54) is 0 Å². The summed E-state index contributed by atoms with van der Waals surface area (Å²) in [4.78, 5) is 21.9. The Hall–Kier alpha value is -2.35. The average molecular weight is 432 g/mol. The average Bonchev–Trinajstić information content (AvgIpc) is 3.12. The van der Waals surface area contributed by atoms with Crippen LogP contribution in [-0.4, -0.2) is 42.9 Å². The summed E-state index contributed by atoms with van der Waals surface area (Å²) in [5.41, 5.74) is 4.50. The van der Waals surface area contributed by atoms with Gasteiger partial charge in [-0.05, 0) is 60.8 Å². The molecule has 7 nitrogen and oxygen atoms in total. The number of H-pyrrole nitrogens is 1. The molecule has 0 unspecified atom stereocenters. The zero-order valence-corrected chi connectivity index (χ0v) is 17.4. The molecule has 0 spiro atoms. The Balaban J connectivity index is 1.77. The maximum atomic E-state index is 12.6. The number of aromatic amines is 1. The molecule has 0 fully saturated rings. The quantitative estimate of drug-likeness (QED) is 0.624. The molecule has 0 saturated heterocycles. The van der Waals surface area contributed by atoms with Gasteiger partial charge in [0.25, 0.3) is 0 Å². The van der Waals surface area contributed by atoms with Crippen LogP contribution in [0.1, 0.15) is 32.0 Å². The lowest BCUT2D eigenvalue weighted by Gasteiger charge is -2.30. The van der Waals surface area contributed by atoms with Crippen molar-refractivity contribution in [3.05, 3.63) is 34.3 Å². The minimum Gasteiger partial charge on any atom is -0.444 e. The Labute approximate surface area is 165 Å². The number of rotatable bonds is 1. The second-order valence-electron chi connectivity index (χ2n) is 7.79. The van der Waals surface area contributed by atoms with E-state index < -0.39 is 5.60 Å². The van der Waals surface area contributed by atoms with Gasteiger partial charge in [0.05, 0.1) is 18.8 Å². The van der Waals surface area contributed by atoms with Gasteiger partial charge in [0.15, 0.2) is 0 Å². The van der Waals surface area contributed by atoms with E-state index in [1.54, 1.807) is 11.1 Å². The van der Waals surface area contributed by atoms with Crippen LogP contribution < -0.4 is 0 Å². The fraction of sp³-hybridized carbons (Fsp3) is 0.421. The number of nitrogens with one attached hydrogen (secondary N) is 1. The number of carbonyl (C=O) groups excluding carboxylic acids is 1. The van der Waals surface area contributed by atoms with Crippen molar-refractivity contribution in [3.63, 3.8) is 0 Å². The number of hydrogen-bond donors (Lipinski definition) is 1. The predicted molar refractivity (Wildman–Crippen MR) is 106 cm³/mol. The van der Waals surface area contributed by atoms with Gasteiger partial charge >= 0.3 is 6.09 Å². The number of amides is 1. The monoisotopic (exact) mass is 431 g/mol. The van der Waals surface area contributed by atoms with Crippen LogP contribution in [-0.2, 0) is 17.8 Å². The summed E-state index contributed by atoms with van der Waals surface area (Å²) in [5.74, 6) is 0. The van der Waals surface area contributed by atoms with Crippen molar-refractivity contribution in [3.8, 4) is 11.1 Å². The van der Waals surface area contributed by atoms with E-state index in [9.17, 15) is 4.79 Å². The Morgan fingerprint density at radius 1 is 1.33 bits per heavy atom. The first-order chi connectivity index (χ1) is 12.7. The molecule has 0 atom stereocenters. The Morgan fingerprint density at radius 2 is 2.11 bits per heavy atom. The number of nitrogens with zero attached hydrogens (tertiary/aromatic N) is 4. The molecule has 1 aliphatic heterocycles. The highest BCUT2D eigenvalue weighted by Crippen LogP contribution is 2.38. The van der Waals surface area contributed by atoms with Crippen molar-refractivity contribution in [2.45, 2.75) is 46.4 Å². The third-order valence-corrected chi connectivity index (χ3v) is 5.18. The van der Waals surface area contributed by atoms with E-state index >= 15 is 0 Å². The van der Waals surface area contributed by atoms with Crippen molar-refractivity contribution in [1.29, 1.82) is 0 Å². The number of halogens is 1. The predicted octanol–water partition coefficient (Wildman–Crippen LogP) is 4.25. The van der Waals surface area contributed by atoms with Crippen LogP contribution in [0.15, 0.2) is 23.1 Å².